The van der Waals surface area contributed by atoms with Crippen molar-refractivity contribution in [2.75, 3.05) is 16.0 Å². The fourth-order valence-corrected chi connectivity index (χ4v) is 4.05. The van der Waals surface area contributed by atoms with E-state index in [1.165, 1.54) is 16.7 Å². The largest absolute Gasteiger partial charge is 0.326 e. The second-order valence-corrected chi connectivity index (χ2v) is 7.95. The number of carbonyl (C=O) groups is 3. The van der Waals surface area contributed by atoms with Gasteiger partial charge in [0.25, 0.3) is 0 Å². The smallest absolute Gasteiger partial charge is 0.247 e. The van der Waals surface area contributed by atoms with E-state index >= 15 is 0 Å². The number of benzene rings is 2. The van der Waals surface area contributed by atoms with Crippen molar-refractivity contribution < 1.29 is 14.4 Å². The van der Waals surface area contributed by atoms with Gasteiger partial charge in [0.15, 0.2) is 0 Å². The molecule has 0 bridgehead atoms. The fourth-order valence-electron chi connectivity index (χ4n) is 2.77. The van der Waals surface area contributed by atoms with Crippen molar-refractivity contribution in [3.05, 3.63) is 59.1 Å². The molecule has 2 aromatic carbocycles. The maximum Gasteiger partial charge on any atom is 0.247 e. The molecule has 1 atom stereocenters. The molecule has 1 unspecified atom stereocenters. The predicted molar refractivity (Wildman–Crippen MR) is 109 cm³/mol. The Labute approximate surface area is 167 Å². The molecule has 1 N–H and O–H groups in total. The highest BCUT2D eigenvalue weighted by Gasteiger charge is 2.39. The Morgan fingerprint density at radius 2 is 1.96 bits per heavy atom. The highest BCUT2D eigenvalue weighted by atomic mass is 35.5. The Morgan fingerprint density at radius 3 is 2.67 bits per heavy atom. The molecule has 27 heavy (non-hydrogen) atoms. The number of hydrogen-bond acceptors (Lipinski definition) is 4. The molecule has 1 aliphatic heterocycles. The zero-order valence-corrected chi connectivity index (χ0v) is 16.3. The van der Waals surface area contributed by atoms with Crippen LogP contribution in [-0.4, -0.2) is 28.7 Å². The van der Waals surface area contributed by atoms with Crippen LogP contribution < -0.4 is 10.2 Å². The standard InChI is InChI=1S/C20H19ClN2O3S/c1-13-7-8-14(11-16(13)21)22-18(24)9-10-27-17-12-19(25)23(20(17)26)15-5-3-2-4-6-15/h2-8,11,17H,9-10,12H2,1H3,(H,22,24). The van der Waals surface area contributed by atoms with Crippen molar-refractivity contribution in [1.82, 2.24) is 0 Å². The van der Waals surface area contributed by atoms with E-state index in [4.69, 9.17) is 11.6 Å². The molecule has 1 fully saturated rings. The van der Waals surface area contributed by atoms with Crippen molar-refractivity contribution in [1.29, 1.82) is 0 Å². The first kappa shape index (κ1) is 19.5. The van der Waals surface area contributed by atoms with Gasteiger partial charge >= 0.3 is 0 Å². The molecule has 1 aliphatic rings. The minimum absolute atomic E-state index is 0.154. The summed E-state index contributed by atoms with van der Waals surface area (Å²) in [5, 5.41) is 2.94. The van der Waals surface area contributed by atoms with E-state index in [2.05, 4.69) is 5.32 Å². The Hall–Kier alpha value is -2.31. The number of para-hydroxylation sites is 1. The maximum absolute atomic E-state index is 12.5. The van der Waals surface area contributed by atoms with Crippen molar-refractivity contribution >= 4 is 52.5 Å². The minimum atomic E-state index is -0.445. The van der Waals surface area contributed by atoms with Gasteiger partial charge in [-0.05, 0) is 36.8 Å². The monoisotopic (exact) mass is 402 g/mol. The highest BCUT2D eigenvalue weighted by Crippen LogP contribution is 2.30. The SMILES string of the molecule is Cc1ccc(NC(=O)CCSC2CC(=O)N(c3ccccc3)C2=O)cc1Cl. The lowest BCUT2D eigenvalue weighted by molar-refractivity contribution is -0.121. The minimum Gasteiger partial charge on any atom is -0.326 e. The van der Waals surface area contributed by atoms with Gasteiger partial charge in [0.05, 0.1) is 10.9 Å². The lowest BCUT2D eigenvalue weighted by Gasteiger charge is -2.14. The van der Waals surface area contributed by atoms with E-state index in [1.807, 2.05) is 19.1 Å². The van der Waals surface area contributed by atoms with Crippen LogP contribution in [0.2, 0.25) is 5.02 Å². The van der Waals surface area contributed by atoms with Crippen LogP contribution in [0.3, 0.4) is 0 Å². The molecule has 140 valence electrons. The molecular weight excluding hydrogens is 384 g/mol. The van der Waals surface area contributed by atoms with Crippen molar-refractivity contribution in [2.45, 2.75) is 25.0 Å². The summed E-state index contributed by atoms with van der Waals surface area (Å²) in [6.07, 6.45) is 0.410. The molecule has 0 saturated carbocycles. The third-order valence-electron chi connectivity index (χ3n) is 4.22. The predicted octanol–water partition coefficient (Wildman–Crippen LogP) is 4.04. The summed E-state index contributed by atoms with van der Waals surface area (Å²) in [5.41, 5.74) is 2.17. The highest BCUT2D eigenvalue weighted by molar-refractivity contribution is 8.00. The van der Waals surface area contributed by atoms with Crippen LogP contribution in [0.25, 0.3) is 0 Å². The number of imide groups is 1. The lowest BCUT2D eigenvalue weighted by Crippen LogP contribution is -2.31. The topological polar surface area (TPSA) is 66.5 Å². The number of carbonyl (C=O) groups excluding carboxylic acids is 3. The van der Waals surface area contributed by atoms with E-state index < -0.39 is 5.25 Å². The maximum atomic E-state index is 12.5. The van der Waals surface area contributed by atoms with Gasteiger partial charge in [0.1, 0.15) is 0 Å². The number of anilines is 2. The molecule has 1 saturated heterocycles. The van der Waals surface area contributed by atoms with Gasteiger partial charge in [-0.2, -0.15) is 0 Å². The first-order valence-electron chi connectivity index (χ1n) is 8.55. The summed E-state index contributed by atoms with van der Waals surface area (Å²) in [5.74, 6) is -0.124. The number of hydrogen-bond donors (Lipinski definition) is 1. The van der Waals surface area contributed by atoms with Gasteiger partial charge in [-0.15, -0.1) is 11.8 Å². The van der Waals surface area contributed by atoms with Crippen molar-refractivity contribution in [2.24, 2.45) is 0 Å². The van der Waals surface area contributed by atoms with Gasteiger partial charge < -0.3 is 5.32 Å². The van der Waals surface area contributed by atoms with Gasteiger partial charge in [0.2, 0.25) is 17.7 Å². The Kier molecular flexibility index (Phi) is 6.19. The number of halogens is 1. The van der Waals surface area contributed by atoms with E-state index in [0.717, 1.165) is 5.56 Å². The van der Waals surface area contributed by atoms with Gasteiger partial charge in [-0.1, -0.05) is 35.9 Å². The average molecular weight is 403 g/mol. The molecular formula is C20H19ClN2O3S. The van der Waals surface area contributed by atoms with Crippen LogP contribution in [0.1, 0.15) is 18.4 Å². The molecule has 3 rings (SSSR count). The van der Waals surface area contributed by atoms with E-state index in [0.29, 0.717) is 22.2 Å². The summed E-state index contributed by atoms with van der Waals surface area (Å²) < 4.78 is 0. The molecule has 2 aromatic rings. The summed E-state index contributed by atoms with van der Waals surface area (Å²) in [6, 6.07) is 14.2. The van der Waals surface area contributed by atoms with Crippen molar-refractivity contribution in [3.8, 4) is 0 Å². The van der Waals surface area contributed by atoms with Crippen LogP contribution in [0, 0.1) is 6.92 Å². The third kappa shape index (κ3) is 4.70. The molecule has 0 aromatic heterocycles. The zero-order chi connectivity index (χ0) is 19.4. The quantitative estimate of drug-likeness (QED) is 0.740. The summed E-state index contributed by atoms with van der Waals surface area (Å²) in [4.78, 5) is 38.0. The van der Waals surface area contributed by atoms with Gasteiger partial charge in [0, 0.05) is 29.3 Å². The number of nitrogens with zero attached hydrogens (tertiary/aromatic N) is 1. The van der Waals surface area contributed by atoms with Gasteiger partial charge in [-0.25, -0.2) is 4.90 Å². The number of nitrogens with one attached hydrogen (secondary N) is 1. The molecule has 7 heteroatoms. The summed E-state index contributed by atoms with van der Waals surface area (Å²) >= 11 is 7.39. The Balaban J connectivity index is 1.50. The van der Waals surface area contributed by atoms with E-state index in [9.17, 15) is 14.4 Å². The van der Waals surface area contributed by atoms with E-state index in [1.54, 1.807) is 36.4 Å². The van der Waals surface area contributed by atoms with Crippen LogP contribution in [0.15, 0.2) is 48.5 Å². The molecule has 0 spiro atoms. The lowest BCUT2D eigenvalue weighted by atomic mass is 10.2. The first-order chi connectivity index (χ1) is 13.0. The fraction of sp³-hybridized carbons (Fsp3) is 0.250. The second kappa shape index (κ2) is 8.59. The summed E-state index contributed by atoms with van der Waals surface area (Å²) in [6.45, 7) is 1.89. The molecule has 5 nitrogen and oxygen atoms in total. The van der Waals surface area contributed by atoms with Crippen LogP contribution in [-0.2, 0) is 14.4 Å². The van der Waals surface area contributed by atoms with Gasteiger partial charge in [-0.3, -0.25) is 14.4 Å². The average Bonchev–Trinajstić information content (AvgIpc) is 2.92. The first-order valence-corrected chi connectivity index (χ1v) is 9.98. The van der Waals surface area contributed by atoms with Crippen LogP contribution in [0.4, 0.5) is 11.4 Å². The molecule has 3 amide bonds. The molecule has 0 aliphatic carbocycles. The normalized spacial score (nSPS) is 16.7. The third-order valence-corrected chi connectivity index (χ3v) is 5.84. The van der Waals surface area contributed by atoms with Crippen LogP contribution >= 0.6 is 23.4 Å². The Bertz CT molecular complexity index is 873. The zero-order valence-electron chi connectivity index (χ0n) is 14.8. The summed E-state index contributed by atoms with van der Waals surface area (Å²) in [7, 11) is 0. The number of amides is 3. The molecule has 1 heterocycles. The second-order valence-electron chi connectivity index (χ2n) is 6.23. The van der Waals surface area contributed by atoms with Crippen LogP contribution in [0.5, 0.6) is 0 Å². The molecule has 0 radical (unpaired) electrons. The Morgan fingerprint density at radius 1 is 1.22 bits per heavy atom. The van der Waals surface area contributed by atoms with E-state index in [-0.39, 0.29) is 30.6 Å². The van der Waals surface area contributed by atoms with Crippen molar-refractivity contribution in [3.63, 3.8) is 0 Å². The number of aryl methyl sites for hydroxylation is 1. The number of thioether (sulfide) groups is 1. The number of rotatable bonds is 6.